The normalized spacial score (nSPS) is 10.6. The minimum atomic E-state index is -0.136. The number of aliphatic hydroxyl groups is 1. The van der Waals surface area contributed by atoms with Crippen LogP contribution in [-0.2, 0) is 6.61 Å². The third-order valence-electron chi connectivity index (χ3n) is 2.27. The molecule has 0 amide bonds. The molecule has 1 rings (SSSR count). The monoisotopic (exact) mass is 246 g/mol. The van der Waals surface area contributed by atoms with Gasteiger partial charge in [-0.05, 0) is 18.6 Å². The first-order valence-corrected chi connectivity index (χ1v) is 5.55. The number of anilines is 1. The number of nitrogens with zero attached hydrogens (tertiary/aromatic N) is 1. The standard InChI is InChI=1S/C14H18N2O2/c1-4-5-6-10(2)9-18-14-13(15)12(8-17)7-11(3)16-14/h4-7,17H,1-2,8-9,15H2,3H3/b6-5-. The van der Waals surface area contributed by atoms with Gasteiger partial charge in [0.2, 0.25) is 5.88 Å². The molecule has 1 heterocycles. The van der Waals surface area contributed by atoms with Gasteiger partial charge in [0.25, 0.3) is 0 Å². The summed E-state index contributed by atoms with van der Waals surface area (Å²) in [6.45, 7) is 9.36. The van der Waals surface area contributed by atoms with Crippen molar-refractivity contribution in [2.75, 3.05) is 12.3 Å². The summed E-state index contributed by atoms with van der Waals surface area (Å²) in [4.78, 5) is 4.19. The summed E-state index contributed by atoms with van der Waals surface area (Å²) in [5, 5.41) is 9.16. The second kappa shape index (κ2) is 6.61. The number of nitrogen functional groups attached to an aromatic ring is 1. The zero-order valence-corrected chi connectivity index (χ0v) is 10.5. The molecule has 96 valence electrons. The number of ether oxygens (including phenoxy) is 1. The van der Waals surface area contributed by atoms with Gasteiger partial charge in [0.15, 0.2) is 0 Å². The summed E-state index contributed by atoms with van der Waals surface area (Å²) in [5.41, 5.74) is 8.34. The van der Waals surface area contributed by atoms with E-state index in [-0.39, 0.29) is 13.2 Å². The van der Waals surface area contributed by atoms with Gasteiger partial charge in [0, 0.05) is 11.3 Å². The third kappa shape index (κ3) is 3.75. The van der Waals surface area contributed by atoms with Crippen LogP contribution in [-0.4, -0.2) is 16.7 Å². The van der Waals surface area contributed by atoms with Crippen molar-refractivity contribution in [3.63, 3.8) is 0 Å². The van der Waals surface area contributed by atoms with Crippen LogP contribution in [0.25, 0.3) is 0 Å². The van der Waals surface area contributed by atoms with Crippen LogP contribution < -0.4 is 10.5 Å². The summed E-state index contributed by atoms with van der Waals surface area (Å²) < 4.78 is 5.49. The summed E-state index contributed by atoms with van der Waals surface area (Å²) in [6, 6.07) is 1.73. The predicted molar refractivity (Wildman–Crippen MR) is 73.3 cm³/mol. The van der Waals surface area contributed by atoms with Crippen molar-refractivity contribution in [1.29, 1.82) is 0 Å². The van der Waals surface area contributed by atoms with Gasteiger partial charge < -0.3 is 15.6 Å². The smallest absolute Gasteiger partial charge is 0.238 e. The molecular weight excluding hydrogens is 228 g/mol. The highest BCUT2D eigenvalue weighted by Crippen LogP contribution is 2.24. The summed E-state index contributed by atoms with van der Waals surface area (Å²) in [7, 11) is 0. The van der Waals surface area contributed by atoms with E-state index in [1.807, 2.05) is 6.92 Å². The Labute approximate surface area is 107 Å². The molecule has 0 unspecified atom stereocenters. The number of nitrogens with two attached hydrogens (primary N) is 1. The van der Waals surface area contributed by atoms with E-state index < -0.39 is 0 Å². The number of allylic oxidation sites excluding steroid dienone is 2. The maximum absolute atomic E-state index is 9.16. The van der Waals surface area contributed by atoms with Crippen molar-refractivity contribution in [3.8, 4) is 5.88 Å². The second-order valence-corrected chi connectivity index (χ2v) is 3.84. The van der Waals surface area contributed by atoms with Crippen molar-refractivity contribution < 1.29 is 9.84 Å². The molecule has 0 aliphatic rings. The van der Waals surface area contributed by atoms with Crippen LogP contribution in [0, 0.1) is 6.92 Å². The molecule has 0 aliphatic heterocycles. The first kappa shape index (κ1) is 14.0. The molecule has 0 atom stereocenters. The van der Waals surface area contributed by atoms with E-state index in [4.69, 9.17) is 15.6 Å². The van der Waals surface area contributed by atoms with Crippen molar-refractivity contribution in [1.82, 2.24) is 4.98 Å². The number of pyridine rings is 1. The fourth-order valence-electron chi connectivity index (χ4n) is 1.37. The van der Waals surface area contributed by atoms with E-state index in [1.165, 1.54) is 0 Å². The van der Waals surface area contributed by atoms with Crippen LogP contribution in [0.1, 0.15) is 11.3 Å². The van der Waals surface area contributed by atoms with E-state index >= 15 is 0 Å². The van der Waals surface area contributed by atoms with Crippen LogP contribution >= 0.6 is 0 Å². The molecule has 4 nitrogen and oxygen atoms in total. The van der Waals surface area contributed by atoms with Gasteiger partial charge in [0.1, 0.15) is 12.3 Å². The molecule has 0 saturated carbocycles. The summed E-state index contributed by atoms with van der Waals surface area (Å²) in [6.07, 6.45) is 5.23. The lowest BCUT2D eigenvalue weighted by molar-refractivity contribution is 0.280. The van der Waals surface area contributed by atoms with Gasteiger partial charge in [-0.2, -0.15) is 0 Å². The first-order chi connectivity index (χ1) is 8.58. The van der Waals surface area contributed by atoms with E-state index in [9.17, 15) is 0 Å². The minimum absolute atomic E-state index is 0.136. The van der Waals surface area contributed by atoms with E-state index in [2.05, 4.69) is 18.1 Å². The van der Waals surface area contributed by atoms with Crippen LogP contribution in [0.2, 0.25) is 0 Å². The predicted octanol–water partition coefficient (Wildman–Crippen LogP) is 2.14. The molecule has 0 aromatic carbocycles. The SMILES string of the molecule is C=C/C=C\C(=C)COc1nc(C)cc(CO)c1N. The van der Waals surface area contributed by atoms with Gasteiger partial charge in [-0.1, -0.05) is 31.4 Å². The Bertz CT molecular complexity index is 479. The van der Waals surface area contributed by atoms with Crippen LogP contribution in [0.4, 0.5) is 5.69 Å². The van der Waals surface area contributed by atoms with Crippen molar-refractivity contribution >= 4 is 5.69 Å². The number of aromatic nitrogens is 1. The Morgan fingerprint density at radius 1 is 1.61 bits per heavy atom. The Morgan fingerprint density at radius 3 is 2.94 bits per heavy atom. The summed E-state index contributed by atoms with van der Waals surface area (Å²) >= 11 is 0. The molecule has 1 aromatic rings. The largest absolute Gasteiger partial charge is 0.471 e. The average Bonchev–Trinajstić information content (AvgIpc) is 2.36. The maximum atomic E-state index is 9.16. The molecular formula is C14H18N2O2. The van der Waals surface area contributed by atoms with Crippen LogP contribution in [0.3, 0.4) is 0 Å². The minimum Gasteiger partial charge on any atom is -0.471 e. The van der Waals surface area contributed by atoms with Crippen LogP contribution in [0.15, 0.2) is 43.0 Å². The highest BCUT2D eigenvalue weighted by molar-refractivity contribution is 5.55. The van der Waals surface area contributed by atoms with E-state index in [0.717, 1.165) is 11.3 Å². The summed E-state index contributed by atoms with van der Waals surface area (Å²) in [5.74, 6) is 0.326. The third-order valence-corrected chi connectivity index (χ3v) is 2.27. The molecule has 0 bridgehead atoms. The highest BCUT2D eigenvalue weighted by Gasteiger charge is 2.09. The number of aliphatic hydroxyl groups excluding tert-OH is 1. The quantitative estimate of drug-likeness (QED) is 0.755. The average molecular weight is 246 g/mol. The Balaban J connectivity index is 2.78. The lowest BCUT2D eigenvalue weighted by Crippen LogP contribution is -2.06. The Morgan fingerprint density at radius 2 is 2.33 bits per heavy atom. The fraction of sp³-hybridized carbons (Fsp3) is 0.214. The van der Waals surface area contributed by atoms with Crippen LogP contribution in [0.5, 0.6) is 5.88 Å². The zero-order valence-electron chi connectivity index (χ0n) is 10.5. The Hall–Kier alpha value is -2.07. The van der Waals surface area contributed by atoms with Gasteiger partial charge in [0.05, 0.1) is 6.61 Å². The molecule has 0 spiro atoms. The van der Waals surface area contributed by atoms with Crippen molar-refractivity contribution in [2.24, 2.45) is 0 Å². The molecule has 0 radical (unpaired) electrons. The fourth-order valence-corrected chi connectivity index (χ4v) is 1.37. The van der Waals surface area contributed by atoms with Gasteiger partial charge in [-0.25, -0.2) is 4.98 Å². The molecule has 18 heavy (non-hydrogen) atoms. The van der Waals surface area contributed by atoms with Crippen molar-refractivity contribution in [2.45, 2.75) is 13.5 Å². The number of hydrogen-bond acceptors (Lipinski definition) is 4. The van der Waals surface area contributed by atoms with Crippen molar-refractivity contribution in [3.05, 3.63) is 54.3 Å². The van der Waals surface area contributed by atoms with Gasteiger partial charge in [-0.15, -0.1) is 0 Å². The maximum Gasteiger partial charge on any atom is 0.238 e. The molecule has 0 saturated heterocycles. The number of hydrogen-bond donors (Lipinski definition) is 2. The molecule has 3 N–H and O–H groups in total. The molecule has 4 heteroatoms. The molecule has 1 aromatic heterocycles. The second-order valence-electron chi connectivity index (χ2n) is 3.84. The van der Waals surface area contributed by atoms with E-state index in [0.29, 0.717) is 17.1 Å². The number of aryl methyl sites for hydroxylation is 1. The molecule has 0 aliphatic carbocycles. The lowest BCUT2D eigenvalue weighted by Gasteiger charge is -2.11. The Kier molecular flexibility index (Phi) is 5.14. The zero-order chi connectivity index (χ0) is 13.5. The lowest BCUT2D eigenvalue weighted by atomic mass is 10.2. The highest BCUT2D eigenvalue weighted by atomic mass is 16.5. The topological polar surface area (TPSA) is 68.4 Å². The van der Waals surface area contributed by atoms with Gasteiger partial charge in [-0.3, -0.25) is 0 Å². The van der Waals surface area contributed by atoms with E-state index in [1.54, 1.807) is 24.3 Å². The van der Waals surface area contributed by atoms with Gasteiger partial charge >= 0.3 is 0 Å². The molecule has 0 fully saturated rings. The number of rotatable bonds is 6. The first-order valence-electron chi connectivity index (χ1n) is 5.55.